The van der Waals surface area contributed by atoms with E-state index in [1.807, 2.05) is 24.3 Å². The predicted octanol–water partition coefficient (Wildman–Crippen LogP) is 2.89. The number of amides is 1. The lowest BCUT2D eigenvalue weighted by Gasteiger charge is -2.30. The third kappa shape index (κ3) is 3.04. The molecule has 0 aromatic heterocycles. The number of rotatable bonds is 2. The van der Waals surface area contributed by atoms with Crippen LogP contribution in [0.15, 0.2) is 52.3 Å². The van der Waals surface area contributed by atoms with Gasteiger partial charge in [-0.2, -0.15) is 4.31 Å². The zero-order valence-corrected chi connectivity index (χ0v) is 16.1. The highest BCUT2D eigenvalue weighted by molar-refractivity contribution is 7.99. The Balaban J connectivity index is 1.69. The molecule has 2 aromatic rings. The van der Waals surface area contributed by atoms with Gasteiger partial charge in [-0.3, -0.25) is 4.79 Å². The van der Waals surface area contributed by atoms with Gasteiger partial charge in [-0.1, -0.05) is 24.3 Å². The van der Waals surface area contributed by atoms with Crippen molar-refractivity contribution in [2.24, 2.45) is 0 Å². The molecular weight excluding hydrogens is 368 g/mol. The minimum atomic E-state index is -3.60. The quantitative estimate of drug-likeness (QED) is 0.794. The Morgan fingerprint density at radius 3 is 2.62 bits per heavy atom. The maximum Gasteiger partial charge on any atom is 0.243 e. The Morgan fingerprint density at radius 2 is 1.85 bits per heavy atom. The summed E-state index contributed by atoms with van der Waals surface area (Å²) in [6, 6.07) is 13.1. The molecule has 0 unspecified atom stereocenters. The number of sulfonamides is 1. The first-order valence-corrected chi connectivity index (χ1v) is 11.0. The standard InChI is InChI=1S/C19H20N2O3S2/c1-14(22)21-10-11-25-19-7-6-17(12-18(19)21)26(23,24)20-9-8-15-4-2-3-5-16(15)13-20/h2-7,12H,8-11,13H2,1H3. The highest BCUT2D eigenvalue weighted by Gasteiger charge is 2.30. The van der Waals surface area contributed by atoms with Crippen molar-refractivity contribution in [3.05, 3.63) is 53.6 Å². The van der Waals surface area contributed by atoms with Gasteiger partial charge in [-0.15, -0.1) is 11.8 Å². The van der Waals surface area contributed by atoms with Gasteiger partial charge in [0, 0.05) is 37.2 Å². The average molecular weight is 389 g/mol. The predicted molar refractivity (Wildman–Crippen MR) is 103 cm³/mol. The van der Waals surface area contributed by atoms with Crippen LogP contribution in [-0.4, -0.2) is 37.5 Å². The summed E-state index contributed by atoms with van der Waals surface area (Å²) >= 11 is 1.65. The largest absolute Gasteiger partial charge is 0.311 e. The summed E-state index contributed by atoms with van der Waals surface area (Å²) in [4.78, 5) is 14.8. The molecule has 2 aromatic carbocycles. The maximum absolute atomic E-state index is 13.2. The van der Waals surface area contributed by atoms with Crippen LogP contribution in [0.1, 0.15) is 18.1 Å². The molecule has 0 aliphatic carbocycles. The average Bonchev–Trinajstić information content (AvgIpc) is 2.66. The number of hydrogen-bond acceptors (Lipinski definition) is 4. The highest BCUT2D eigenvalue weighted by Crippen LogP contribution is 2.37. The van der Waals surface area contributed by atoms with Gasteiger partial charge in [0.15, 0.2) is 0 Å². The first-order valence-electron chi connectivity index (χ1n) is 8.59. The van der Waals surface area contributed by atoms with Gasteiger partial charge < -0.3 is 4.90 Å². The van der Waals surface area contributed by atoms with E-state index in [0.717, 1.165) is 22.6 Å². The number of carbonyl (C=O) groups is 1. The van der Waals surface area contributed by atoms with E-state index >= 15 is 0 Å². The number of nitrogens with zero attached hydrogens (tertiary/aromatic N) is 2. The Hall–Kier alpha value is -1.83. The smallest absolute Gasteiger partial charge is 0.243 e. The third-order valence-electron chi connectivity index (χ3n) is 4.91. The van der Waals surface area contributed by atoms with E-state index in [2.05, 4.69) is 6.07 Å². The molecule has 0 radical (unpaired) electrons. The van der Waals surface area contributed by atoms with Gasteiger partial charge in [0.1, 0.15) is 0 Å². The number of anilines is 1. The van der Waals surface area contributed by atoms with Crippen molar-refractivity contribution in [3.8, 4) is 0 Å². The first-order chi connectivity index (χ1) is 12.5. The molecule has 5 nitrogen and oxygen atoms in total. The zero-order valence-electron chi connectivity index (χ0n) is 14.5. The Bertz CT molecular complexity index is 972. The van der Waals surface area contributed by atoms with E-state index in [0.29, 0.717) is 25.3 Å². The summed E-state index contributed by atoms with van der Waals surface area (Å²) in [5.41, 5.74) is 2.97. The van der Waals surface area contributed by atoms with Crippen LogP contribution in [0.5, 0.6) is 0 Å². The molecule has 2 aliphatic rings. The molecule has 2 aliphatic heterocycles. The first kappa shape index (κ1) is 17.6. The lowest BCUT2D eigenvalue weighted by atomic mass is 10.0. The lowest BCUT2D eigenvalue weighted by Crippen LogP contribution is -2.36. The number of fused-ring (bicyclic) bond motifs is 2. The molecule has 0 saturated carbocycles. The summed E-state index contributed by atoms with van der Waals surface area (Å²) < 4.78 is 27.9. The van der Waals surface area contributed by atoms with Crippen molar-refractivity contribution in [2.75, 3.05) is 23.7 Å². The topological polar surface area (TPSA) is 57.7 Å². The van der Waals surface area contributed by atoms with Gasteiger partial charge in [-0.05, 0) is 35.7 Å². The molecule has 2 heterocycles. The molecule has 0 fully saturated rings. The van der Waals surface area contributed by atoms with Crippen molar-refractivity contribution in [3.63, 3.8) is 0 Å². The second kappa shape index (κ2) is 6.72. The summed E-state index contributed by atoms with van der Waals surface area (Å²) in [5, 5.41) is 0. The summed E-state index contributed by atoms with van der Waals surface area (Å²) in [6.07, 6.45) is 0.718. The van der Waals surface area contributed by atoms with Gasteiger partial charge >= 0.3 is 0 Å². The minimum absolute atomic E-state index is 0.0620. The molecular formula is C19H20N2O3S2. The van der Waals surface area contributed by atoms with Crippen molar-refractivity contribution in [1.29, 1.82) is 0 Å². The number of thioether (sulfide) groups is 1. The number of hydrogen-bond donors (Lipinski definition) is 0. The second-order valence-electron chi connectivity index (χ2n) is 6.51. The van der Waals surface area contributed by atoms with E-state index in [9.17, 15) is 13.2 Å². The van der Waals surface area contributed by atoms with Gasteiger partial charge in [-0.25, -0.2) is 8.42 Å². The van der Waals surface area contributed by atoms with Gasteiger partial charge in [0.05, 0.1) is 10.6 Å². The molecule has 4 rings (SSSR count). The molecule has 7 heteroatoms. The van der Waals surface area contributed by atoms with Crippen LogP contribution in [-0.2, 0) is 27.8 Å². The van der Waals surface area contributed by atoms with Crippen LogP contribution in [0.3, 0.4) is 0 Å². The number of benzene rings is 2. The van der Waals surface area contributed by atoms with E-state index in [4.69, 9.17) is 0 Å². The molecule has 26 heavy (non-hydrogen) atoms. The van der Waals surface area contributed by atoms with E-state index in [-0.39, 0.29) is 10.8 Å². The fourth-order valence-corrected chi connectivity index (χ4v) is 5.92. The Morgan fingerprint density at radius 1 is 1.08 bits per heavy atom. The lowest BCUT2D eigenvalue weighted by molar-refractivity contribution is -0.116. The van der Waals surface area contributed by atoms with Crippen LogP contribution in [0.2, 0.25) is 0 Å². The minimum Gasteiger partial charge on any atom is -0.311 e. The van der Waals surface area contributed by atoms with Gasteiger partial charge in [0.2, 0.25) is 15.9 Å². The van der Waals surface area contributed by atoms with Crippen molar-refractivity contribution in [2.45, 2.75) is 29.7 Å². The van der Waals surface area contributed by atoms with Crippen LogP contribution >= 0.6 is 11.8 Å². The fraction of sp³-hybridized carbons (Fsp3) is 0.316. The molecule has 0 saturated heterocycles. The number of carbonyl (C=O) groups excluding carboxylic acids is 1. The Kier molecular flexibility index (Phi) is 4.54. The molecule has 0 spiro atoms. The van der Waals surface area contributed by atoms with E-state index in [1.165, 1.54) is 16.8 Å². The van der Waals surface area contributed by atoms with Crippen LogP contribution < -0.4 is 4.90 Å². The third-order valence-corrected chi connectivity index (χ3v) is 7.79. The monoisotopic (exact) mass is 388 g/mol. The van der Waals surface area contributed by atoms with Crippen molar-refractivity contribution >= 4 is 33.4 Å². The molecule has 0 atom stereocenters. The molecule has 1 amide bonds. The van der Waals surface area contributed by atoms with Gasteiger partial charge in [0.25, 0.3) is 0 Å². The highest BCUT2D eigenvalue weighted by atomic mass is 32.2. The van der Waals surface area contributed by atoms with Crippen LogP contribution in [0.4, 0.5) is 5.69 Å². The summed E-state index contributed by atoms with van der Waals surface area (Å²) in [5.74, 6) is 0.759. The zero-order chi connectivity index (χ0) is 18.3. The van der Waals surface area contributed by atoms with Crippen LogP contribution in [0, 0.1) is 0 Å². The summed E-state index contributed by atoms with van der Waals surface area (Å²) in [6.45, 7) is 2.98. The molecule has 0 N–H and O–H groups in total. The molecule has 136 valence electrons. The van der Waals surface area contributed by atoms with Crippen LogP contribution in [0.25, 0.3) is 0 Å². The van der Waals surface area contributed by atoms with Crippen molar-refractivity contribution < 1.29 is 13.2 Å². The Labute approximate surface area is 158 Å². The fourth-order valence-electron chi connectivity index (χ4n) is 3.51. The van der Waals surface area contributed by atoms with Crippen molar-refractivity contribution in [1.82, 2.24) is 4.31 Å². The van der Waals surface area contributed by atoms with E-state index < -0.39 is 10.0 Å². The molecule has 0 bridgehead atoms. The SMILES string of the molecule is CC(=O)N1CCSc2ccc(S(=O)(=O)N3CCc4ccccc4C3)cc21. The normalized spacial score (nSPS) is 17.5. The maximum atomic E-state index is 13.2. The summed E-state index contributed by atoms with van der Waals surface area (Å²) in [7, 11) is -3.60. The second-order valence-corrected chi connectivity index (χ2v) is 9.58. The van der Waals surface area contributed by atoms with E-state index in [1.54, 1.807) is 28.8 Å².